The van der Waals surface area contributed by atoms with Crippen molar-refractivity contribution in [2.45, 2.75) is 4.34 Å². The van der Waals surface area contributed by atoms with Gasteiger partial charge in [0.1, 0.15) is 5.75 Å². The molecule has 2 aromatic carbocycles. The lowest BCUT2D eigenvalue weighted by Crippen LogP contribution is -2.19. The van der Waals surface area contributed by atoms with Gasteiger partial charge in [-0.1, -0.05) is 41.3 Å². The summed E-state index contributed by atoms with van der Waals surface area (Å²) in [6, 6.07) is 16.2. The van der Waals surface area contributed by atoms with Gasteiger partial charge in [0.05, 0.1) is 12.0 Å². The molecule has 7 nitrogen and oxygen atoms in total. The number of aromatic nitrogens is 2. The highest BCUT2D eigenvalue weighted by Gasteiger charge is 2.08. The molecule has 0 aliphatic rings. The molecule has 3 N–H and O–H groups in total. The van der Waals surface area contributed by atoms with Crippen LogP contribution in [-0.2, 0) is 4.79 Å². The zero-order valence-corrected chi connectivity index (χ0v) is 15.1. The van der Waals surface area contributed by atoms with Crippen LogP contribution in [0, 0.1) is 0 Å². The average Bonchev–Trinajstić information content (AvgIpc) is 3.10. The van der Waals surface area contributed by atoms with E-state index in [1.807, 2.05) is 30.3 Å². The fourth-order valence-corrected chi connectivity index (χ4v) is 3.43. The first-order chi connectivity index (χ1) is 12.7. The van der Waals surface area contributed by atoms with Crippen LogP contribution in [0.4, 0.5) is 10.8 Å². The maximum absolute atomic E-state index is 11.8. The second-order valence-electron chi connectivity index (χ2n) is 5.04. The van der Waals surface area contributed by atoms with Crippen molar-refractivity contribution in [3.05, 3.63) is 60.2 Å². The molecule has 3 rings (SSSR count). The van der Waals surface area contributed by atoms with E-state index in [0.29, 0.717) is 9.47 Å². The van der Waals surface area contributed by atoms with E-state index in [2.05, 4.69) is 26.0 Å². The van der Waals surface area contributed by atoms with Gasteiger partial charge in [0.15, 0.2) is 4.34 Å². The molecule has 1 amide bonds. The van der Waals surface area contributed by atoms with Crippen molar-refractivity contribution < 1.29 is 9.90 Å². The van der Waals surface area contributed by atoms with Crippen molar-refractivity contribution in [1.82, 2.24) is 15.6 Å². The summed E-state index contributed by atoms with van der Waals surface area (Å²) < 4.78 is 0.695. The molecule has 3 aromatic rings. The smallest absolute Gasteiger partial charge is 0.250 e. The summed E-state index contributed by atoms with van der Waals surface area (Å²) in [5.41, 5.74) is 4.16. The minimum absolute atomic E-state index is 0.181. The Labute approximate surface area is 158 Å². The molecule has 0 spiro atoms. The molecule has 0 radical (unpaired) electrons. The summed E-state index contributed by atoms with van der Waals surface area (Å²) in [6.45, 7) is 0. The number of hydrazone groups is 1. The third-order valence-corrected chi connectivity index (χ3v) is 5.03. The first-order valence-electron chi connectivity index (χ1n) is 7.58. The first kappa shape index (κ1) is 17.9. The van der Waals surface area contributed by atoms with Gasteiger partial charge in [0.25, 0.3) is 5.91 Å². The lowest BCUT2D eigenvalue weighted by Gasteiger charge is -1.99. The predicted molar refractivity (Wildman–Crippen MR) is 104 cm³/mol. The molecule has 0 atom stereocenters. The highest BCUT2D eigenvalue weighted by atomic mass is 32.2. The van der Waals surface area contributed by atoms with Crippen LogP contribution in [0.3, 0.4) is 0 Å². The predicted octanol–water partition coefficient (Wildman–Crippen LogP) is 3.23. The van der Waals surface area contributed by atoms with Crippen molar-refractivity contribution >= 4 is 46.0 Å². The van der Waals surface area contributed by atoms with E-state index >= 15 is 0 Å². The van der Waals surface area contributed by atoms with E-state index in [0.717, 1.165) is 11.3 Å². The summed E-state index contributed by atoms with van der Waals surface area (Å²) in [6.07, 6.45) is 1.51. The highest BCUT2D eigenvalue weighted by Crippen LogP contribution is 2.27. The van der Waals surface area contributed by atoms with Crippen molar-refractivity contribution in [3.63, 3.8) is 0 Å². The van der Waals surface area contributed by atoms with Crippen LogP contribution in [0.2, 0.25) is 0 Å². The van der Waals surface area contributed by atoms with Gasteiger partial charge >= 0.3 is 0 Å². The Hall–Kier alpha value is -2.91. The second kappa shape index (κ2) is 8.97. The Kier molecular flexibility index (Phi) is 6.18. The van der Waals surface area contributed by atoms with Crippen LogP contribution in [0.5, 0.6) is 5.75 Å². The zero-order chi connectivity index (χ0) is 18.2. The van der Waals surface area contributed by atoms with Gasteiger partial charge in [0, 0.05) is 5.69 Å². The molecule has 0 saturated heterocycles. The Balaban J connectivity index is 1.43. The Morgan fingerprint density at radius 1 is 1.15 bits per heavy atom. The minimum Gasteiger partial charge on any atom is -0.508 e. The van der Waals surface area contributed by atoms with E-state index in [4.69, 9.17) is 0 Å². The van der Waals surface area contributed by atoms with E-state index < -0.39 is 0 Å². The normalized spacial score (nSPS) is 10.8. The molecule has 26 heavy (non-hydrogen) atoms. The number of anilines is 2. The number of rotatable bonds is 7. The van der Waals surface area contributed by atoms with Crippen molar-refractivity contribution in [3.8, 4) is 5.75 Å². The average molecular weight is 385 g/mol. The molecular formula is C17H15N5O2S2. The molecule has 0 fully saturated rings. The van der Waals surface area contributed by atoms with E-state index in [1.54, 1.807) is 24.3 Å². The molecule has 0 aliphatic carbocycles. The Bertz CT molecular complexity index is 882. The van der Waals surface area contributed by atoms with Crippen LogP contribution in [-0.4, -0.2) is 33.2 Å². The standard InChI is InChI=1S/C17H15N5O2S2/c23-14-8-6-12(7-9-14)10-18-20-15(24)11-25-17-22-21-16(26-17)19-13-4-2-1-3-5-13/h1-10,23H,11H2,(H,19,21)(H,20,24)/b18-10+. The number of benzene rings is 2. The summed E-state index contributed by atoms with van der Waals surface area (Å²) in [7, 11) is 0. The maximum atomic E-state index is 11.8. The molecular weight excluding hydrogens is 370 g/mol. The topological polar surface area (TPSA) is 99.5 Å². The number of phenolic OH excluding ortho intramolecular Hbond substituents is 1. The lowest BCUT2D eigenvalue weighted by atomic mass is 10.2. The molecule has 1 heterocycles. The molecule has 0 unspecified atom stereocenters. The van der Waals surface area contributed by atoms with E-state index in [-0.39, 0.29) is 17.4 Å². The number of thioether (sulfide) groups is 1. The van der Waals surface area contributed by atoms with Crippen LogP contribution in [0.25, 0.3) is 0 Å². The molecule has 0 bridgehead atoms. The molecule has 0 aliphatic heterocycles. The van der Waals surface area contributed by atoms with Crippen molar-refractivity contribution in [2.75, 3.05) is 11.1 Å². The quantitative estimate of drug-likeness (QED) is 0.328. The maximum Gasteiger partial charge on any atom is 0.250 e. The fourth-order valence-electron chi connectivity index (χ4n) is 1.86. The third kappa shape index (κ3) is 5.57. The van der Waals surface area contributed by atoms with Gasteiger partial charge in [-0.05, 0) is 42.0 Å². The molecule has 1 aromatic heterocycles. The number of carbonyl (C=O) groups excluding carboxylic acids is 1. The summed E-state index contributed by atoms with van der Waals surface area (Å²) in [5, 5.41) is 25.0. The van der Waals surface area contributed by atoms with Crippen LogP contribution in [0.1, 0.15) is 5.56 Å². The molecule has 9 heteroatoms. The minimum atomic E-state index is -0.238. The van der Waals surface area contributed by atoms with Crippen molar-refractivity contribution in [2.24, 2.45) is 5.10 Å². The number of carbonyl (C=O) groups is 1. The number of aromatic hydroxyl groups is 1. The summed E-state index contributed by atoms with van der Waals surface area (Å²) in [4.78, 5) is 11.8. The molecule has 132 valence electrons. The number of hydrogen-bond acceptors (Lipinski definition) is 8. The van der Waals surface area contributed by atoms with Gasteiger partial charge in [-0.15, -0.1) is 10.2 Å². The third-order valence-electron chi connectivity index (χ3n) is 3.05. The molecule has 0 saturated carbocycles. The van der Waals surface area contributed by atoms with Crippen molar-refractivity contribution in [1.29, 1.82) is 0 Å². The SMILES string of the molecule is O=C(CSc1nnc(Nc2ccccc2)s1)N/N=C/c1ccc(O)cc1. The van der Waals surface area contributed by atoms with Gasteiger partial charge in [0.2, 0.25) is 5.13 Å². The highest BCUT2D eigenvalue weighted by molar-refractivity contribution is 8.01. The van der Waals surface area contributed by atoms with Crippen LogP contribution in [0.15, 0.2) is 64.0 Å². The number of hydrogen-bond donors (Lipinski definition) is 3. The summed E-state index contributed by atoms with van der Waals surface area (Å²) in [5.74, 6) is 0.131. The van der Waals surface area contributed by atoms with Gasteiger partial charge < -0.3 is 10.4 Å². The monoisotopic (exact) mass is 385 g/mol. The van der Waals surface area contributed by atoms with E-state index in [1.165, 1.54) is 29.3 Å². The summed E-state index contributed by atoms with van der Waals surface area (Å²) >= 11 is 2.67. The number of phenols is 1. The van der Waals surface area contributed by atoms with Gasteiger partial charge in [-0.25, -0.2) is 5.43 Å². The fraction of sp³-hybridized carbons (Fsp3) is 0.0588. The van der Waals surface area contributed by atoms with E-state index in [9.17, 15) is 9.90 Å². The van der Waals surface area contributed by atoms with Gasteiger partial charge in [-0.3, -0.25) is 4.79 Å². The van der Waals surface area contributed by atoms with Crippen LogP contribution >= 0.6 is 23.1 Å². The Morgan fingerprint density at radius 3 is 2.69 bits per heavy atom. The van der Waals surface area contributed by atoms with Crippen LogP contribution < -0.4 is 10.7 Å². The largest absolute Gasteiger partial charge is 0.508 e. The van der Waals surface area contributed by atoms with Gasteiger partial charge in [-0.2, -0.15) is 5.10 Å². The number of nitrogens with one attached hydrogen (secondary N) is 2. The lowest BCUT2D eigenvalue weighted by molar-refractivity contribution is -0.118. The number of para-hydroxylation sites is 1. The number of nitrogens with zero attached hydrogens (tertiary/aromatic N) is 3. The zero-order valence-electron chi connectivity index (χ0n) is 13.5. The second-order valence-corrected chi connectivity index (χ2v) is 7.24. The Morgan fingerprint density at radius 2 is 1.92 bits per heavy atom. The first-order valence-corrected chi connectivity index (χ1v) is 9.38. The number of amides is 1.